The van der Waals surface area contributed by atoms with Crippen LogP contribution in [0.2, 0.25) is 5.02 Å². The van der Waals surface area contributed by atoms with Gasteiger partial charge in [-0.05, 0) is 18.7 Å². The lowest BCUT2D eigenvalue weighted by atomic mass is 10.1. The highest BCUT2D eigenvalue weighted by Gasteiger charge is 2.23. The van der Waals surface area contributed by atoms with Gasteiger partial charge in [-0.15, -0.1) is 0 Å². The van der Waals surface area contributed by atoms with Crippen LogP contribution < -0.4 is 5.32 Å². The maximum atomic E-state index is 13.8. The smallest absolute Gasteiger partial charge is 0.146 e. The summed E-state index contributed by atoms with van der Waals surface area (Å²) in [5.41, 5.74) is 1.03. The van der Waals surface area contributed by atoms with Gasteiger partial charge < -0.3 is 5.32 Å². The summed E-state index contributed by atoms with van der Waals surface area (Å²) < 4.78 is 15.5. The first kappa shape index (κ1) is 13.0. The van der Waals surface area contributed by atoms with Crippen molar-refractivity contribution in [1.82, 2.24) is 20.1 Å². The van der Waals surface area contributed by atoms with Crippen molar-refractivity contribution in [2.75, 3.05) is 6.54 Å². The van der Waals surface area contributed by atoms with Crippen molar-refractivity contribution < 1.29 is 4.39 Å². The third kappa shape index (κ3) is 2.37. The van der Waals surface area contributed by atoms with Crippen LogP contribution in [0.1, 0.15) is 24.4 Å². The van der Waals surface area contributed by atoms with Crippen molar-refractivity contribution in [1.29, 1.82) is 0 Å². The Morgan fingerprint density at radius 2 is 2.33 bits per heavy atom. The first-order valence-corrected chi connectivity index (χ1v) is 6.04. The molecule has 0 aliphatic rings. The Bertz CT molecular complexity index is 521. The second-order valence-corrected chi connectivity index (χ2v) is 4.27. The number of hydrogen-bond donors (Lipinski definition) is 1. The predicted molar refractivity (Wildman–Crippen MR) is 67.9 cm³/mol. The minimum Gasteiger partial charge on any atom is -0.304 e. The molecule has 0 bridgehead atoms. The van der Waals surface area contributed by atoms with E-state index in [1.165, 1.54) is 6.07 Å². The minimum absolute atomic E-state index is 0.324. The summed E-state index contributed by atoms with van der Waals surface area (Å²) in [4.78, 5) is 4.10. The average molecular weight is 269 g/mol. The number of aromatic nitrogens is 3. The lowest BCUT2D eigenvalue weighted by molar-refractivity contribution is 0.517. The molecule has 0 aliphatic heterocycles. The molecule has 0 saturated carbocycles. The zero-order chi connectivity index (χ0) is 13.1. The molecule has 0 amide bonds. The van der Waals surface area contributed by atoms with Crippen LogP contribution in [0.3, 0.4) is 0 Å². The van der Waals surface area contributed by atoms with Crippen molar-refractivity contribution >= 4 is 11.6 Å². The highest BCUT2D eigenvalue weighted by molar-refractivity contribution is 6.31. The number of nitrogens with zero attached hydrogens (tertiary/aromatic N) is 3. The van der Waals surface area contributed by atoms with Crippen molar-refractivity contribution in [3.05, 3.63) is 46.8 Å². The minimum atomic E-state index is -0.406. The van der Waals surface area contributed by atoms with Crippen molar-refractivity contribution in [3.8, 4) is 0 Å². The fraction of sp³-hybridized carbons (Fsp3) is 0.333. The highest BCUT2D eigenvalue weighted by atomic mass is 35.5. The van der Waals surface area contributed by atoms with Crippen LogP contribution in [0.4, 0.5) is 4.39 Å². The van der Waals surface area contributed by atoms with E-state index in [1.54, 1.807) is 30.2 Å². The summed E-state index contributed by atoms with van der Waals surface area (Å²) in [6, 6.07) is 2.54. The topological polar surface area (TPSA) is 42.7 Å². The number of pyridine rings is 1. The van der Waals surface area contributed by atoms with E-state index < -0.39 is 6.04 Å². The summed E-state index contributed by atoms with van der Waals surface area (Å²) in [5.74, 6) is -0.360. The van der Waals surface area contributed by atoms with Crippen LogP contribution in [0.5, 0.6) is 0 Å². The second kappa shape index (κ2) is 5.46. The van der Waals surface area contributed by atoms with Gasteiger partial charge >= 0.3 is 0 Å². The lowest BCUT2D eigenvalue weighted by Crippen LogP contribution is -2.26. The summed E-state index contributed by atoms with van der Waals surface area (Å²) in [6.45, 7) is 2.61. The number of halogens is 2. The molecule has 2 rings (SSSR count). The molecule has 1 atom stereocenters. The molecule has 2 heterocycles. The number of rotatable bonds is 4. The monoisotopic (exact) mass is 268 g/mol. The Morgan fingerprint density at radius 3 is 2.89 bits per heavy atom. The standard InChI is InChI=1S/C12H14ClFN4/c1-3-15-11(10-9(14)5-4-6-16-10)12-8(13)7-17-18(12)2/h4-7,11,15H,3H2,1-2H3. The molecule has 0 spiro atoms. The van der Waals surface area contributed by atoms with Crippen molar-refractivity contribution in [3.63, 3.8) is 0 Å². The van der Waals surface area contributed by atoms with Gasteiger partial charge in [-0.2, -0.15) is 5.10 Å². The van der Waals surface area contributed by atoms with Gasteiger partial charge in [-0.25, -0.2) is 4.39 Å². The van der Waals surface area contributed by atoms with Crippen LogP contribution in [0, 0.1) is 5.82 Å². The SMILES string of the molecule is CCNC(c1ncccc1F)c1c(Cl)cnn1C. The molecular weight excluding hydrogens is 255 g/mol. The fourth-order valence-corrected chi connectivity index (χ4v) is 2.16. The Balaban J connectivity index is 2.50. The summed E-state index contributed by atoms with van der Waals surface area (Å²) >= 11 is 6.10. The Kier molecular flexibility index (Phi) is 3.93. The van der Waals surface area contributed by atoms with Gasteiger partial charge in [0, 0.05) is 13.2 Å². The normalized spacial score (nSPS) is 12.7. The van der Waals surface area contributed by atoms with Crippen LogP contribution in [0.15, 0.2) is 24.5 Å². The fourth-order valence-electron chi connectivity index (χ4n) is 1.88. The Morgan fingerprint density at radius 1 is 1.56 bits per heavy atom. The molecule has 4 nitrogen and oxygen atoms in total. The lowest BCUT2D eigenvalue weighted by Gasteiger charge is -2.18. The van der Waals surface area contributed by atoms with Gasteiger partial charge in [0.2, 0.25) is 0 Å². The first-order chi connectivity index (χ1) is 8.65. The van der Waals surface area contributed by atoms with Crippen molar-refractivity contribution in [2.24, 2.45) is 7.05 Å². The third-order valence-corrected chi connectivity index (χ3v) is 2.97. The van der Waals surface area contributed by atoms with E-state index in [9.17, 15) is 4.39 Å². The maximum Gasteiger partial charge on any atom is 0.146 e. The highest BCUT2D eigenvalue weighted by Crippen LogP contribution is 2.27. The molecule has 2 aromatic rings. The average Bonchev–Trinajstić information content (AvgIpc) is 2.68. The number of hydrogen-bond acceptors (Lipinski definition) is 3. The van der Waals surface area contributed by atoms with Crippen LogP contribution in [0.25, 0.3) is 0 Å². The molecule has 96 valence electrons. The largest absolute Gasteiger partial charge is 0.304 e. The van der Waals surface area contributed by atoms with Crippen LogP contribution in [-0.2, 0) is 7.05 Å². The summed E-state index contributed by atoms with van der Waals surface area (Å²) in [5, 5.41) is 7.74. The zero-order valence-corrected chi connectivity index (χ0v) is 10.9. The Hall–Kier alpha value is -1.46. The summed E-state index contributed by atoms with van der Waals surface area (Å²) in [7, 11) is 1.77. The quantitative estimate of drug-likeness (QED) is 0.925. The van der Waals surface area contributed by atoms with E-state index in [0.29, 0.717) is 23.0 Å². The molecule has 0 saturated heterocycles. The van der Waals surface area contributed by atoms with Crippen LogP contribution in [-0.4, -0.2) is 21.3 Å². The molecule has 1 unspecified atom stereocenters. The second-order valence-electron chi connectivity index (χ2n) is 3.86. The molecule has 0 radical (unpaired) electrons. The van der Waals surface area contributed by atoms with Gasteiger partial charge in [0.1, 0.15) is 5.82 Å². The van der Waals surface area contributed by atoms with E-state index in [-0.39, 0.29) is 5.82 Å². The summed E-state index contributed by atoms with van der Waals surface area (Å²) in [6.07, 6.45) is 3.11. The van der Waals surface area contributed by atoms with E-state index >= 15 is 0 Å². The molecule has 0 fully saturated rings. The van der Waals surface area contributed by atoms with Gasteiger partial charge in [-0.1, -0.05) is 18.5 Å². The van der Waals surface area contributed by atoms with Gasteiger partial charge in [0.05, 0.1) is 28.6 Å². The van der Waals surface area contributed by atoms with Crippen LogP contribution >= 0.6 is 11.6 Å². The zero-order valence-electron chi connectivity index (χ0n) is 10.2. The molecule has 2 aromatic heterocycles. The van der Waals surface area contributed by atoms with E-state index in [4.69, 9.17) is 11.6 Å². The van der Waals surface area contributed by atoms with Crippen molar-refractivity contribution in [2.45, 2.75) is 13.0 Å². The van der Waals surface area contributed by atoms with E-state index in [1.807, 2.05) is 6.92 Å². The predicted octanol–water partition coefficient (Wildman–Crippen LogP) is 2.31. The third-order valence-electron chi connectivity index (χ3n) is 2.68. The van der Waals surface area contributed by atoms with Gasteiger partial charge in [0.15, 0.2) is 0 Å². The molecule has 1 N–H and O–H groups in total. The molecule has 6 heteroatoms. The molecular formula is C12H14ClFN4. The first-order valence-electron chi connectivity index (χ1n) is 5.66. The van der Waals surface area contributed by atoms with E-state index in [2.05, 4.69) is 15.4 Å². The maximum absolute atomic E-state index is 13.8. The van der Waals surface area contributed by atoms with Gasteiger partial charge in [-0.3, -0.25) is 9.67 Å². The molecule has 0 aromatic carbocycles. The molecule has 0 aliphatic carbocycles. The van der Waals surface area contributed by atoms with Gasteiger partial charge in [0.25, 0.3) is 0 Å². The number of aryl methyl sites for hydroxylation is 1. The molecule has 18 heavy (non-hydrogen) atoms. The van der Waals surface area contributed by atoms with E-state index in [0.717, 1.165) is 0 Å². The number of nitrogens with one attached hydrogen (secondary N) is 1. The Labute approximate surface area is 110 Å².